The minimum absolute atomic E-state index is 0.0238. The largest absolute Gasteiger partial charge is 0.356 e. The lowest BCUT2D eigenvalue weighted by atomic mass is 9.96. The number of piperidine rings is 1. The maximum atomic E-state index is 13.6. The Morgan fingerprint density at radius 2 is 1.79 bits per heavy atom. The van der Waals surface area contributed by atoms with E-state index in [1.165, 1.54) is 6.07 Å². The zero-order valence-electron chi connectivity index (χ0n) is 15.9. The third-order valence-electron chi connectivity index (χ3n) is 5.14. The molecule has 1 aromatic rings. The summed E-state index contributed by atoms with van der Waals surface area (Å²) in [5, 5.41) is 7.93. The number of amides is 4. The zero-order valence-corrected chi connectivity index (χ0v) is 15.9. The molecular formula is C20H27FN4O3. The van der Waals surface area contributed by atoms with Gasteiger partial charge in [-0.15, -0.1) is 0 Å². The quantitative estimate of drug-likeness (QED) is 0.652. The summed E-state index contributed by atoms with van der Waals surface area (Å²) >= 11 is 0. The van der Waals surface area contributed by atoms with Crippen LogP contribution in [0.3, 0.4) is 0 Å². The molecular weight excluding hydrogens is 363 g/mol. The molecule has 0 spiro atoms. The van der Waals surface area contributed by atoms with Crippen molar-refractivity contribution < 1.29 is 18.8 Å². The van der Waals surface area contributed by atoms with Crippen LogP contribution in [0.25, 0.3) is 0 Å². The van der Waals surface area contributed by atoms with Gasteiger partial charge in [-0.25, -0.2) is 9.18 Å². The highest BCUT2D eigenvalue weighted by molar-refractivity contribution is 5.95. The van der Waals surface area contributed by atoms with E-state index >= 15 is 0 Å². The van der Waals surface area contributed by atoms with Crippen molar-refractivity contribution in [1.82, 2.24) is 20.9 Å². The van der Waals surface area contributed by atoms with Crippen LogP contribution in [0.2, 0.25) is 0 Å². The Kier molecular flexibility index (Phi) is 6.97. The van der Waals surface area contributed by atoms with E-state index in [2.05, 4.69) is 16.0 Å². The van der Waals surface area contributed by atoms with Gasteiger partial charge in [0.25, 0.3) is 0 Å². The first-order chi connectivity index (χ1) is 13.5. The highest BCUT2D eigenvalue weighted by Gasteiger charge is 2.27. The van der Waals surface area contributed by atoms with Crippen LogP contribution < -0.4 is 16.0 Å². The molecule has 1 aliphatic heterocycles. The molecule has 0 bridgehead atoms. The molecule has 1 heterocycles. The van der Waals surface area contributed by atoms with E-state index in [0.717, 1.165) is 12.8 Å². The number of likely N-dealkylation sites (tertiary alicyclic amines) is 1. The Bertz CT molecular complexity index is 715. The fourth-order valence-corrected chi connectivity index (χ4v) is 3.34. The third-order valence-corrected chi connectivity index (χ3v) is 5.14. The summed E-state index contributed by atoms with van der Waals surface area (Å²) in [7, 11) is 0. The number of rotatable bonds is 7. The number of imide groups is 1. The molecule has 3 N–H and O–H groups in total. The predicted octanol–water partition coefficient (Wildman–Crippen LogP) is 1.18. The lowest BCUT2D eigenvalue weighted by Crippen LogP contribution is -2.47. The van der Waals surface area contributed by atoms with Crippen molar-refractivity contribution in [3.8, 4) is 0 Å². The highest BCUT2D eigenvalue weighted by Crippen LogP contribution is 2.18. The molecule has 8 heteroatoms. The Balaban J connectivity index is 1.31. The van der Waals surface area contributed by atoms with Crippen molar-refractivity contribution in [2.24, 2.45) is 5.92 Å². The highest BCUT2D eigenvalue weighted by atomic mass is 19.1. The molecule has 1 aromatic carbocycles. The van der Waals surface area contributed by atoms with E-state index in [9.17, 15) is 18.8 Å². The average molecular weight is 390 g/mol. The Morgan fingerprint density at radius 3 is 2.46 bits per heavy atom. The number of nitrogens with zero attached hydrogens (tertiary/aromatic N) is 1. The summed E-state index contributed by atoms with van der Waals surface area (Å²) < 4.78 is 13.6. The fourth-order valence-electron chi connectivity index (χ4n) is 3.34. The normalized spacial score (nSPS) is 17.8. The summed E-state index contributed by atoms with van der Waals surface area (Å²) in [6, 6.07) is 6.33. The predicted molar refractivity (Wildman–Crippen MR) is 102 cm³/mol. The Hall–Kier alpha value is -2.48. The van der Waals surface area contributed by atoms with E-state index < -0.39 is 6.03 Å². The summed E-state index contributed by atoms with van der Waals surface area (Å²) in [4.78, 5) is 37.7. The van der Waals surface area contributed by atoms with E-state index in [1.54, 1.807) is 18.2 Å². The van der Waals surface area contributed by atoms with Crippen LogP contribution in [0.4, 0.5) is 9.18 Å². The Labute approximate surface area is 164 Å². The van der Waals surface area contributed by atoms with Crippen molar-refractivity contribution in [2.75, 3.05) is 26.2 Å². The molecule has 2 fully saturated rings. The van der Waals surface area contributed by atoms with Gasteiger partial charge in [-0.1, -0.05) is 18.2 Å². The molecule has 0 aromatic heterocycles. The average Bonchev–Trinajstić information content (AvgIpc) is 3.47. The van der Waals surface area contributed by atoms with Crippen molar-refractivity contribution in [3.05, 3.63) is 35.6 Å². The zero-order chi connectivity index (χ0) is 19.9. The van der Waals surface area contributed by atoms with Crippen molar-refractivity contribution in [3.63, 3.8) is 0 Å². The van der Waals surface area contributed by atoms with Gasteiger partial charge in [-0.3, -0.25) is 19.8 Å². The summed E-state index contributed by atoms with van der Waals surface area (Å²) in [5.41, 5.74) is 0.592. The lowest BCUT2D eigenvalue weighted by Gasteiger charge is -2.30. The molecule has 0 radical (unpaired) electrons. The SMILES string of the molecule is O=C(CN1CCC(C(=O)NCCc2ccccc2F)CC1)NC(=O)NC1CC1. The van der Waals surface area contributed by atoms with Crippen LogP contribution in [0, 0.1) is 11.7 Å². The molecule has 28 heavy (non-hydrogen) atoms. The number of urea groups is 1. The van der Waals surface area contributed by atoms with Crippen molar-refractivity contribution in [2.45, 2.75) is 38.1 Å². The van der Waals surface area contributed by atoms with Gasteiger partial charge in [0.15, 0.2) is 0 Å². The van der Waals surface area contributed by atoms with E-state index in [0.29, 0.717) is 44.5 Å². The molecule has 4 amide bonds. The first kappa shape index (κ1) is 20.3. The second kappa shape index (κ2) is 9.64. The first-order valence-corrected chi connectivity index (χ1v) is 9.85. The molecule has 152 valence electrons. The second-order valence-corrected chi connectivity index (χ2v) is 7.48. The van der Waals surface area contributed by atoms with Crippen LogP contribution in [0.15, 0.2) is 24.3 Å². The van der Waals surface area contributed by atoms with Crippen LogP contribution in [0.1, 0.15) is 31.2 Å². The van der Waals surface area contributed by atoms with Gasteiger partial charge in [0.1, 0.15) is 5.82 Å². The molecule has 2 aliphatic rings. The molecule has 1 saturated carbocycles. The monoisotopic (exact) mass is 390 g/mol. The molecule has 7 nitrogen and oxygen atoms in total. The maximum Gasteiger partial charge on any atom is 0.321 e. The molecule has 1 saturated heterocycles. The van der Waals surface area contributed by atoms with Gasteiger partial charge in [0.05, 0.1) is 6.54 Å². The number of nitrogens with one attached hydrogen (secondary N) is 3. The van der Waals surface area contributed by atoms with Crippen molar-refractivity contribution in [1.29, 1.82) is 0 Å². The number of hydrogen-bond acceptors (Lipinski definition) is 4. The second-order valence-electron chi connectivity index (χ2n) is 7.48. The number of carbonyl (C=O) groups excluding carboxylic acids is 3. The van der Waals surface area contributed by atoms with E-state index in [-0.39, 0.29) is 36.1 Å². The fraction of sp³-hybridized carbons (Fsp3) is 0.550. The number of benzene rings is 1. The summed E-state index contributed by atoms with van der Waals surface area (Å²) in [6.07, 6.45) is 3.72. The number of carbonyl (C=O) groups is 3. The van der Waals surface area contributed by atoms with Crippen LogP contribution in [-0.4, -0.2) is 55.0 Å². The maximum absolute atomic E-state index is 13.6. The van der Waals surface area contributed by atoms with E-state index in [4.69, 9.17) is 0 Å². The smallest absolute Gasteiger partial charge is 0.321 e. The molecule has 0 unspecified atom stereocenters. The third kappa shape index (κ3) is 6.30. The van der Waals surface area contributed by atoms with Crippen LogP contribution in [0.5, 0.6) is 0 Å². The standard InChI is InChI=1S/C20H27FN4O3/c21-17-4-2-1-3-14(17)7-10-22-19(27)15-8-11-25(12-9-15)13-18(26)24-20(28)23-16-5-6-16/h1-4,15-16H,5-13H2,(H,22,27)(H2,23,24,26,28). The molecule has 3 rings (SSSR count). The number of halogens is 1. The Morgan fingerprint density at radius 1 is 1.07 bits per heavy atom. The topological polar surface area (TPSA) is 90.5 Å². The minimum Gasteiger partial charge on any atom is -0.356 e. The van der Waals surface area contributed by atoms with Gasteiger partial charge >= 0.3 is 6.03 Å². The number of hydrogen-bond donors (Lipinski definition) is 3. The minimum atomic E-state index is -0.434. The van der Waals surface area contributed by atoms with Gasteiger partial charge in [0, 0.05) is 18.5 Å². The van der Waals surface area contributed by atoms with Crippen LogP contribution in [-0.2, 0) is 16.0 Å². The summed E-state index contributed by atoms with van der Waals surface area (Å²) in [6.45, 7) is 1.81. The molecule has 1 aliphatic carbocycles. The van der Waals surface area contributed by atoms with Crippen LogP contribution >= 0.6 is 0 Å². The van der Waals surface area contributed by atoms with Gasteiger partial charge in [0.2, 0.25) is 11.8 Å². The first-order valence-electron chi connectivity index (χ1n) is 9.85. The van der Waals surface area contributed by atoms with Gasteiger partial charge in [-0.2, -0.15) is 0 Å². The summed E-state index contributed by atoms with van der Waals surface area (Å²) in [5.74, 6) is -0.706. The van der Waals surface area contributed by atoms with E-state index in [1.807, 2.05) is 4.90 Å². The van der Waals surface area contributed by atoms with Gasteiger partial charge in [-0.05, 0) is 56.8 Å². The van der Waals surface area contributed by atoms with Crippen molar-refractivity contribution >= 4 is 17.8 Å². The van der Waals surface area contributed by atoms with Gasteiger partial charge < -0.3 is 10.6 Å². The lowest BCUT2D eigenvalue weighted by molar-refractivity contribution is -0.126. The molecule has 0 atom stereocenters.